The second-order valence-electron chi connectivity index (χ2n) is 6.62. The van der Waals surface area contributed by atoms with E-state index in [-0.39, 0.29) is 5.91 Å². The van der Waals surface area contributed by atoms with Crippen molar-refractivity contribution in [3.8, 4) is 0 Å². The maximum absolute atomic E-state index is 12.1. The van der Waals surface area contributed by atoms with E-state index in [4.69, 9.17) is 0 Å². The van der Waals surface area contributed by atoms with Crippen molar-refractivity contribution in [2.45, 2.75) is 39.5 Å². The normalized spacial score (nSPS) is 15.5. The molecule has 1 saturated heterocycles. The molecule has 24 heavy (non-hydrogen) atoms. The Kier molecular flexibility index (Phi) is 5.51. The molecule has 2 heterocycles. The van der Waals surface area contributed by atoms with Gasteiger partial charge in [0.15, 0.2) is 0 Å². The van der Waals surface area contributed by atoms with Crippen LogP contribution in [0, 0.1) is 12.8 Å². The number of amides is 1. The lowest BCUT2D eigenvalue weighted by molar-refractivity contribution is -0.116. The maximum Gasteiger partial charge on any atom is 0.224 e. The van der Waals surface area contributed by atoms with Gasteiger partial charge in [-0.25, -0.2) is 4.98 Å². The molecule has 4 nitrogen and oxygen atoms in total. The molecule has 1 amide bonds. The van der Waals surface area contributed by atoms with Crippen LogP contribution in [0.4, 0.5) is 11.4 Å². The van der Waals surface area contributed by atoms with Crippen molar-refractivity contribution in [1.82, 2.24) is 4.98 Å². The first-order valence-corrected chi connectivity index (χ1v) is 9.54. The van der Waals surface area contributed by atoms with E-state index >= 15 is 0 Å². The van der Waals surface area contributed by atoms with E-state index in [0.717, 1.165) is 35.4 Å². The summed E-state index contributed by atoms with van der Waals surface area (Å²) in [6, 6.07) is 8.21. The Morgan fingerprint density at radius 3 is 2.62 bits per heavy atom. The molecule has 128 valence electrons. The summed E-state index contributed by atoms with van der Waals surface area (Å²) in [6.07, 6.45) is 3.68. The highest BCUT2D eigenvalue weighted by molar-refractivity contribution is 7.09. The highest BCUT2D eigenvalue weighted by Gasteiger charge is 2.15. The second-order valence-corrected chi connectivity index (χ2v) is 7.68. The fourth-order valence-electron chi connectivity index (χ4n) is 3.01. The summed E-state index contributed by atoms with van der Waals surface area (Å²) in [5.74, 6) is 0.876. The van der Waals surface area contributed by atoms with E-state index < -0.39 is 0 Å². The molecule has 1 aliphatic heterocycles. The Bertz CT molecular complexity index is 672. The number of hydrogen-bond acceptors (Lipinski definition) is 4. The average Bonchev–Trinajstić information content (AvgIpc) is 3.00. The summed E-state index contributed by atoms with van der Waals surface area (Å²) >= 11 is 1.63. The molecule has 1 aliphatic rings. The number of hydrogen-bond donors (Lipinski definition) is 1. The van der Waals surface area contributed by atoms with Gasteiger partial charge in [-0.05, 0) is 56.4 Å². The van der Waals surface area contributed by atoms with Crippen LogP contribution in [0.15, 0.2) is 29.6 Å². The second kappa shape index (κ2) is 7.79. The number of aryl methyl sites for hydroxylation is 2. The Hall–Kier alpha value is -1.88. The molecule has 1 aromatic heterocycles. The number of rotatable bonds is 5. The zero-order valence-electron chi connectivity index (χ0n) is 14.4. The molecule has 0 atom stereocenters. The maximum atomic E-state index is 12.1. The van der Waals surface area contributed by atoms with Crippen LogP contribution >= 0.6 is 11.3 Å². The van der Waals surface area contributed by atoms with Crippen LogP contribution in [-0.4, -0.2) is 24.0 Å². The summed E-state index contributed by atoms with van der Waals surface area (Å²) in [7, 11) is 0. The zero-order valence-corrected chi connectivity index (χ0v) is 15.2. The van der Waals surface area contributed by atoms with Crippen molar-refractivity contribution in [3.63, 3.8) is 0 Å². The zero-order chi connectivity index (χ0) is 16.9. The van der Waals surface area contributed by atoms with Crippen LogP contribution in [0.3, 0.4) is 0 Å². The van der Waals surface area contributed by atoms with E-state index in [1.807, 2.05) is 24.4 Å². The van der Waals surface area contributed by atoms with Gasteiger partial charge in [-0.3, -0.25) is 4.79 Å². The summed E-state index contributed by atoms with van der Waals surface area (Å²) in [4.78, 5) is 18.9. The van der Waals surface area contributed by atoms with E-state index in [0.29, 0.717) is 12.8 Å². The standard InChI is InChI=1S/C19H25N3OS/c1-14-9-11-22(12-10-14)18-6-3-16(4-7-18)21-19(23)8-5-17-13-24-15(2)20-17/h3-4,6-7,13-14H,5,8-12H2,1-2H3,(H,21,23). The lowest BCUT2D eigenvalue weighted by Crippen LogP contribution is -2.32. The molecule has 5 heteroatoms. The summed E-state index contributed by atoms with van der Waals surface area (Å²) in [5, 5.41) is 6.05. The summed E-state index contributed by atoms with van der Waals surface area (Å²) in [6.45, 7) is 6.56. The lowest BCUT2D eigenvalue weighted by Gasteiger charge is -2.32. The SMILES string of the molecule is Cc1nc(CCC(=O)Nc2ccc(N3CCC(C)CC3)cc2)cs1. The van der Waals surface area contributed by atoms with Gasteiger partial charge in [-0.2, -0.15) is 0 Å². The molecule has 0 radical (unpaired) electrons. The van der Waals surface area contributed by atoms with Gasteiger partial charge < -0.3 is 10.2 Å². The summed E-state index contributed by atoms with van der Waals surface area (Å²) in [5.41, 5.74) is 3.11. The van der Waals surface area contributed by atoms with Crippen LogP contribution < -0.4 is 10.2 Å². The van der Waals surface area contributed by atoms with Gasteiger partial charge in [0.05, 0.1) is 10.7 Å². The predicted molar refractivity (Wildman–Crippen MR) is 101 cm³/mol. The summed E-state index contributed by atoms with van der Waals surface area (Å²) < 4.78 is 0. The van der Waals surface area contributed by atoms with Gasteiger partial charge >= 0.3 is 0 Å². The molecule has 0 aliphatic carbocycles. The van der Waals surface area contributed by atoms with Crippen LogP contribution in [0.2, 0.25) is 0 Å². The number of nitrogens with zero attached hydrogens (tertiary/aromatic N) is 2. The minimum Gasteiger partial charge on any atom is -0.372 e. The van der Waals surface area contributed by atoms with E-state index in [1.54, 1.807) is 11.3 Å². The fourth-order valence-corrected chi connectivity index (χ4v) is 3.66. The topological polar surface area (TPSA) is 45.2 Å². The Morgan fingerprint density at radius 1 is 1.29 bits per heavy atom. The molecular formula is C19H25N3OS. The van der Waals surface area contributed by atoms with Crippen molar-refractivity contribution in [2.24, 2.45) is 5.92 Å². The minimum atomic E-state index is 0.0419. The van der Waals surface area contributed by atoms with Crippen LogP contribution in [0.25, 0.3) is 0 Å². The van der Waals surface area contributed by atoms with Gasteiger partial charge in [0.25, 0.3) is 0 Å². The van der Waals surface area contributed by atoms with Gasteiger partial charge in [-0.1, -0.05) is 6.92 Å². The molecule has 1 N–H and O–H groups in total. The van der Waals surface area contributed by atoms with Crippen molar-refractivity contribution in [3.05, 3.63) is 40.3 Å². The fraction of sp³-hybridized carbons (Fsp3) is 0.474. The monoisotopic (exact) mass is 343 g/mol. The van der Waals surface area contributed by atoms with Gasteiger partial charge in [0.2, 0.25) is 5.91 Å². The average molecular weight is 343 g/mol. The smallest absolute Gasteiger partial charge is 0.224 e. The van der Waals surface area contributed by atoms with Crippen molar-refractivity contribution in [1.29, 1.82) is 0 Å². The number of carbonyl (C=O) groups excluding carboxylic acids is 1. The molecule has 2 aromatic rings. The first-order chi connectivity index (χ1) is 11.6. The molecule has 1 fully saturated rings. The largest absolute Gasteiger partial charge is 0.372 e. The Morgan fingerprint density at radius 2 is 2.00 bits per heavy atom. The lowest BCUT2D eigenvalue weighted by atomic mass is 9.99. The number of thiazole rings is 1. The molecular weight excluding hydrogens is 318 g/mol. The first kappa shape index (κ1) is 17.0. The molecule has 0 saturated carbocycles. The number of aromatic nitrogens is 1. The van der Waals surface area contributed by atoms with Crippen molar-refractivity contribution in [2.75, 3.05) is 23.3 Å². The third kappa shape index (κ3) is 4.57. The number of carbonyl (C=O) groups is 1. The van der Waals surface area contributed by atoms with Crippen LogP contribution in [-0.2, 0) is 11.2 Å². The molecule has 0 spiro atoms. The van der Waals surface area contributed by atoms with Gasteiger partial charge in [-0.15, -0.1) is 11.3 Å². The molecule has 0 unspecified atom stereocenters. The third-order valence-corrected chi connectivity index (χ3v) is 5.40. The Labute approximate surface area is 147 Å². The number of anilines is 2. The predicted octanol–water partition coefficient (Wildman–Crippen LogP) is 4.26. The van der Waals surface area contributed by atoms with E-state index in [9.17, 15) is 4.79 Å². The van der Waals surface area contributed by atoms with Gasteiger partial charge in [0.1, 0.15) is 0 Å². The Balaban J connectivity index is 1.49. The van der Waals surface area contributed by atoms with Gasteiger partial charge in [0, 0.05) is 36.3 Å². The first-order valence-electron chi connectivity index (χ1n) is 8.66. The minimum absolute atomic E-state index is 0.0419. The van der Waals surface area contributed by atoms with E-state index in [1.165, 1.54) is 18.5 Å². The van der Waals surface area contributed by atoms with E-state index in [2.05, 4.69) is 34.3 Å². The highest BCUT2D eigenvalue weighted by Crippen LogP contribution is 2.24. The number of nitrogens with one attached hydrogen (secondary N) is 1. The third-order valence-electron chi connectivity index (χ3n) is 4.57. The molecule has 3 rings (SSSR count). The van der Waals surface area contributed by atoms with Crippen LogP contribution in [0.1, 0.15) is 36.9 Å². The van der Waals surface area contributed by atoms with Crippen LogP contribution in [0.5, 0.6) is 0 Å². The van der Waals surface area contributed by atoms with Crippen molar-refractivity contribution >= 4 is 28.6 Å². The number of benzene rings is 1. The molecule has 0 bridgehead atoms. The highest BCUT2D eigenvalue weighted by atomic mass is 32.1. The quantitative estimate of drug-likeness (QED) is 0.882. The number of piperidine rings is 1. The molecule has 1 aromatic carbocycles. The van der Waals surface area contributed by atoms with Crippen molar-refractivity contribution < 1.29 is 4.79 Å².